The summed E-state index contributed by atoms with van der Waals surface area (Å²) < 4.78 is 10.7. The van der Waals surface area contributed by atoms with Crippen LogP contribution < -0.4 is 5.32 Å². The lowest BCUT2D eigenvalue weighted by molar-refractivity contribution is 0.0236. The van der Waals surface area contributed by atoms with Gasteiger partial charge in [-0.1, -0.05) is 36.4 Å². The summed E-state index contributed by atoms with van der Waals surface area (Å²) in [6, 6.07) is 14.5. The molecule has 3 rings (SSSR count). The van der Waals surface area contributed by atoms with Crippen LogP contribution in [0.3, 0.4) is 0 Å². The van der Waals surface area contributed by atoms with E-state index in [-0.39, 0.29) is 12.1 Å². The third kappa shape index (κ3) is 4.24. The average Bonchev–Trinajstić information content (AvgIpc) is 3.09. The number of ether oxygens (including phenoxy) is 2. The number of carbonyl (C=O) groups excluding carboxylic acids is 1. The Morgan fingerprint density at radius 2 is 2.04 bits per heavy atom. The predicted molar refractivity (Wildman–Crippen MR) is 94.0 cm³/mol. The van der Waals surface area contributed by atoms with E-state index in [1.54, 1.807) is 7.11 Å². The quantitative estimate of drug-likeness (QED) is 0.830. The summed E-state index contributed by atoms with van der Waals surface area (Å²) in [6.07, 6.45) is 0.999. The molecule has 1 saturated heterocycles. The van der Waals surface area contributed by atoms with Gasteiger partial charge < -0.3 is 19.7 Å². The van der Waals surface area contributed by atoms with E-state index in [1.807, 2.05) is 17.0 Å². The summed E-state index contributed by atoms with van der Waals surface area (Å²) >= 11 is 0. The SMILES string of the molecule is COCCOC1CCN(C(=O)NCc2ccc3ccccc3c2)C1. The van der Waals surface area contributed by atoms with E-state index in [2.05, 4.69) is 35.6 Å². The number of rotatable bonds is 6. The van der Waals surface area contributed by atoms with Crippen molar-refractivity contribution in [1.82, 2.24) is 10.2 Å². The van der Waals surface area contributed by atoms with E-state index in [0.29, 0.717) is 26.3 Å². The van der Waals surface area contributed by atoms with Gasteiger partial charge in [0.25, 0.3) is 0 Å². The number of fused-ring (bicyclic) bond motifs is 1. The number of nitrogens with zero attached hydrogens (tertiary/aromatic N) is 1. The largest absolute Gasteiger partial charge is 0.382 e. The lowest BCUT2D eigenvalue weighted by Gasteiger charge is -2.17. The minimum Gasteiger partial charge on any atom is -0.382 e. The molecule has 24 heavy (non-hydrogen) atoms. The highest BCUT2D eigenvalue weighted by Crippen LogP contribution is 2.16. The highest BCUT2D eigenvalue weighted by atomic mass is 16.5. The highest BCUT2D eigenvalue weighted by molar-refractivity contribution is 5.83. The molecule has 5 heteroatoms. The molecule has 2 amide bonds. The van der Waals surface area contributed by atoms with Crippen molar-refractivity contribution in [3.8, 4) is 0 Å². The molecule has 2 aromatic carbocycles. The maximum Gasteiger partial charge on any atom is 0.317 e. The van der Waals surface area contributed by atoms with E-state index in [4.69, 9.17) is 9.47 Å². The Morgan fingerprint density at radius 3 is 2.88 bits per heavy atom. The van der Waals surface area contributed by atoms with Gasteiger partial charge in [-0.25, -0.2) is 4.79 Å². The predicted octanol–water partition coefficient (Wildman–Crippen LogP) is 2.79. The van der Waals surface area contributed by atoms with Crippen LogP contribution in [-0.2, 0) is 16.0 Å². The molecule has 1 aliphatic heterocycles. The van der Waals surface area contributed by atoms with Crippen molar-refractivity contribution in [3.05, 3.63) is 48.0 Å². The standard InChI is InChI=1S/C19H24N2O3/c1-23-10-11-24-18-8-9-21(14-18)19(22)20-13-15-6-7-16-4-2-3-5-17(16)12-15/h2-7,12,18H,8-11,13-14H2,1H3,(H,20,22). The van der Waals surface area contributed by atoms with Gasteiger partial charge in [-0.2, -0.15) is 0 Å². The molecule has 2 aromatic rings. The molecule has 1 N–H and O–H groups in total. The van der Waals surface area contributed by atoms with Gasteiger partial charge in [-0.05, 0) is 28.8 Å². The molecule has 1 heterocycles. The van der Waals surface area contributed by atoms with Crippen molar-refractivity contribution >= 4 is 16.8 Å². The maximum atomic E-state index is 12.3. The van der Waals surface area contributed by atoms with Crippen molar-refractivity contribution in [1.29, 1.82) is 0 Å². The highest BCUT2D eigenvalue weighted by Gasteiger charge is 2.26. The number of benzene rings is 2. The van der Waals surface area contributed by atoms with Gasteiger partial charge in [0, 0.05) is 26.7 Å². The van der Waals surface area contributed by atoms with Crippen LogP contribution in [0.2, 0.25) is 0 Å². The minimum absolute atomic E-state index is 0.0269. The van der Waals surface area contributed by atoms with Gasteiger partial charge >= 0.3 is 6.03 Å². The monoisotopic (exact) mass is 328 g/mol. The number of amides is 2. The van der Waals surface area contributed by atoms with Gasteiger partial charge in [0.2, 0.25) is 0 Å². The van der Waals surface area contributed by atoms with Gasteiger partial charge in [0.15, 0.2) is 0 Å². The van der Waals surface area contributed by atoms with Crippen LogP contribution in [0.1, 0.15) is 12.0 Å². The normalized spacial score (nSPS) is 17.4. The molecule has 0 aromatic heterocycles. The van der Waals surface area contributed by atoms with Crippen LogP contribution in [0.15, 0.2) is 42.5 Å². The summed E-state index contributed by atoms with van der Waals surface area (Å²) in [4.78, 5) is 14.1. The fourth-order valence-corrected chi connectivity index (χ4v) is 2.99. The number of urea groups is 1. The summed E-state index contributed by atoms with van der Waals surface area (Å²) in [5.41, 5.74) is 1.11. The van der Waals surface area contributed by atoms with Gasteiger partial charge in [-0.15, -0.1) is 0 Å². The molecule has 0 radical (unpaired) electrons. The molecule has 1 aliphatic rings. The van der Waals surface area contributed by atoms with Crippen LogP contribution in [0.4, 0.5) is 4.79 Å². The molecular formula is C19H24N2O3. The van der Waals surface area contributed by atoms with E-state index in [9.17, 15) is 4.79 Å². The molecule has 0 spiro atoms. The zero-order valence-electron chi connectivity index (χ0n) is 14.0. The Labute approximate surface area is 142 Å². The molecule has 1 unspecified atom stereocenters. The van der Waals surface area contributed by atoms with Crippen molar-refractivity contribution in [2.45, 2.75) is 19.1 Å². The van der Waals surface area contributed by atoms with Crippen LogP contribution in [0.25, 0.3) is 10.8 Å². The van der Waals surface area contributed by atoms with Crippen molar-refractivity contribution in [2.75, 3.05) is 33.4 Å². The second-order valence-electron chi connectivity index (χ2n) is 6.06. The summed E-state index contributed by atoms with van der Waals surface area (Å²) in [6.45, 7) is 3.09. The Kier molecular flexibility index (Phi) is 5.67. The Balaban J connectivity index is 1.48. The zero-order valence-corrected chi connectivity index (χ0v) is 14.0. The number of methoxy groups -OCH3 is 1. The van der Waals surface area contributed by atoms with Crippen molar-refractivity contribution in [2.24, 2.45) is 0 Å². The first-order valence-corrected chi connectivity index (χ1v) is 8.37. The number of nitrogens with one attached hydrogen (secondary N) is 1. The third-order valence-corrected chi connectivity index (χ3v) is 4.33. The first-order valence-electron chi connectivity index (χ1n) is 8.37. The van der Waals surface area contributed by atoms with Crippen LogP contribution in [-0.4, -0.2) is 50.4 Å². The lowest BCUT2D eigenvalue weighted by atomic mass is 10.1. The lowest BCUT2D eigenvalue weighted by Crippen LogP contribution is -2.38. The van der Waals surface area contributed by atoms with Crippen LogP contribution >= 0.6 is 0 Å². The first-order chi connectivity index (χ1) is 11.8. The van der Waals surface area contributed by atoms with E-state index in [1.165, 1.54) is 10.8 Å². The van der Waals surface area contributed by atoms with Gasteiger partial charge in [0.1, 0.15) is 0 Å². The van der Waals surface area contributed by atoms with E-state index >= 15 is 0 Å². The molecule has 0 saturated carbocycles. The maximum absolute atomic E-state index is 12.3. The molecule has 128 valence electrons. The minimum atomic E-state index is -0.0269. The Morgan fingerprint density at radius 1 is 1.21 bits per heavy atom. The second-order valence-corrected chi connectivity index (χ2v) is 6.06. The second kappa shape index (κ2) is 8.13. The van der Waals surface area contributed by atoms with Crippen LogP contribution in [0, 0.1) is 0 Å². The number of carbonyl (C=O) groups is 1. The van der Waals surface area contributed by atoms with Gasteiger partial charge in [-0.3, -0.25) is 0 Å². The topological polar surface area (TPSA) is 50.8 Å². The third-order valence-electron chi connectivity index (χ3n) is 4.33. The first kappa shape index (κ1) is 16.7. The summed E-state index contributed by atoms with van der Waals surface area (Å²) in [5.74, 6) is 0. The molecule has 1 atom stereocenters. The molecule has 0 bridgehead atoms. The van der Waals surface area contributed by atoms with E-state index in [0.717, 1.165) is 18.5 Å². The zero-order chi connectivity index (χ0) is 16.8. The van der Waals surface area contributed by atoms with Gasteiger partial charge in [0.05, 0.1) is 19.3 Å². The fraction of sp³-hybridized carbons (Fsp3) is 0.421. The fourth-order valence-electron chi connectivity index (χ4n) is 2.99. The average molecular weight is 328 g/mol. The van der Waals surface area contributed by atoms with Crippen LogP contribution in [0.5, 0.6) is 0 Å². The summed E-state index contributed by atoms with van der Waals surface area (Å²) in [5, 5.41) is 5.40. The molecule has 5 nitrogen and oxygen atoms in total. The summed E-state index contributed by atoms with van der Waals surface area (Å²) in [7, 11) is 1.66. The molecule has 1 fully saturated rings. The van der Waals surface area contributed by atoms with Crippen molar-refractivity contribution in [3.63, 3.8) is 0 Å². The molecule has 0 aliphatic carbocycles. The Bertz CT molecular complexity index is 689. The molecular weight excluding hydrogens is 304 g/mol. The smallest absolute Gasteiger partial charge is 0.317 e. The number of likely N-dealkylation sites (tertiary alicyclic amines) is 1. The van der Waals surface area contributed by atoms with E-state index < -0.39 is 0 Å². The number of hydrogen-bond acceptors (Lipinski definition) is 3. The Hall–Kier alpha value is -2.11. The van der Waals surface area contributed by atoms with Crippen molar-refractivity contribution < 1.29 is 14.3 Å². The number of hydrogen-bond donors (Lipinski definition) is 1.